The molecule has 7 nitrogen and oxygen atoms in total. The van der Waals surface area contributed by atoms with Crippen LogP contribution in [0.2, 0.25) is 0 Å². The molecule has 1 aliphatic rings. The highest BCUT2D eigenvalue weighted by Gasteiger charge is 2.26. The number of amides is 1. The smallest absolute Gasteiger partial charge is 0.262 e. The summed E-state index contributed by atoms with van der Waals surface area (Å²) in [6.45, 7) is -0.125. The quantitative estimate of drug-likeness (QED) is 0.630. The van der Waals surface area contributed by atoms with E-state index in [2.05, 4.69) is 10.4 Å². The Morgan fingerprint density at radius 1 is 1.25 bits per heavy atom. The highest BCUT2D eigenvalue weighted by Crippen LogP contribution is 2.40. The molecule has 2 aromatic rings. The standard InChI is InChI=1S/C17H15N3O4/c18-19-8-13(21)12-6-7-14(16-17(12)24-10-15(22)20-16)23-9-11-4-2-1-3-5-11/h1-7,18H,8-10H2,(H,20,22). The minimum absolute atomic E-state index is 0.173. The predicted molar refractivity (Wildman–Crippen MR) is 85.7 cm³/mol. The third-order valence-electron chi connectivity index (χ3n) is 3.49. The van der Waals surface area contributed by atoms with Crippen LogP contribution >= 0.6 is 0 Å². The van der Waals surface area contributed by atoms with Gasteiger partial charge in [0.15, 0.2) is 18.1 Å². The van der Waals surface area contributed by atoms with Gasteiger partial charge in [0.05, 0.1) is 5.56 Å². The summed E-state index contributed by atoms with van der Waals surface area (Å²) in [5, 5.41) is 5.78. The van der Waals surface area contributed by atoms with Gasteiger partial charge in [-0.2, -0.15) is 5.11 Å². The number of fused-ring (bicyclic) bond motifs is 1. The van der Waals surface area contributed by atoms with Crippen LogP contribution in [0.3, 0.4) is 0 Å². The summed E-state index contributed by atoms with van der Waals surface area (Å²) in [7, 11) is 0. The van der Waals surface area contributed by atoms with Crippen LogP contribution in [0, 0.1) is 5.53 Å². The van der Waals surface area contributed by atoms with Gasteiger partial charge in [0.25, 0.3) is 5.91 Å². The van der Waals surface area contributed by atoms with E-state index in [1.54, 1.807) is 12.1 Å². The minimum Gasteiger partial charge on any atom is -0.487 e. The van der Waals surface area contributed by atoms with Crippen molar-refractivity contribution in [2.45, 2.75) is 6.61 Å². The van der Waals surface area contributed by atoms with E-state index >= 15 is 0 Å². The molecule has 7 heteroatoms. The topological polar surface area (TPSA) is 101 Å². The van der Waals surface area contributed by atoms with Gasteiger partial charge in [-0.1, -0.05) is 30.3 Å². The lowest BCUT2D eigenvalue weighted by atomic mass is 10.1. The van der Waals surface area contributed by atoms with Gasteiger partial charge in [-0.25, -0.2) is 5.53 Å². The van der Waals surface area contributed by atoms with Crippen molar-refractivity contribution in [1.29, 1.82) is 5.53 Å². The molecular formula is C17H15N3O4. The van der Waals surface area contributed by atoms with Crippen molar-refractivity contribution in [3.05, 3.63) is 53.6 Å². The van der Waals surface area contributed by atoms with Crippen LogP contribution in [0.25, 0.3) is 0 Å². The Labute approximate surface area is 138 Å². The van der Waals surface area contributed by atoms with Gasteiger partial charge in [0, 0.05) is 0 Å². The van der Waals surface area contributed by atoms with E-state index in [4.69, 9.17) is 15.0 Å². The molecule has 0 bridgehead atoms. The number of benzene rings is 2. The van der Waals surface area contributed by atoms with Crippen LogP contribution in [-0.4, -0.2) is 24.8 Å². The Morgan fingerprint density at radius 2 is 2.04 bits per heavy atom. The minimum atomic E-state index is -0.355. The number of rotatable bonds is 6. The van der Waals surface area contributed by atoms with Crippen molar-refractivity contribution in [1.82, 2.24) is 0 Å². The zero-order valence-corrected chi connectivity index (χ0v) is 12.7. The zero-order chi connectivity index (χ0) is 16.9. The molecule has 1 heterocycles. The first-order valence-electron chi connectivity index (χ1n) is 7.32. The molecule has 0 radical (unpaired) electrons. The summed E-state index contributed by atoms with van der Waals surface area (Å²) in [6, 6.07) is 12.7. The monoisotopic (exact) mass is 325 g/mol. The Hall–Kier alpha value is -3.22. The van der Waals surface area contributed by atoms with Crippen LogP contribution < -0.4 is 14.8 Å². The fourth-order valence-corrected chi connectivity index (χ4v) is 2.38. The molecule has 0 aliphatic carbocycles. The van der Waals surface area contributed by atoms with Crippen molar-refractivity contribution >= 4 is 17.4 Å². The largest absolute Gasteiger partial charge is 0.487 e. The van der Waals surface area contributed by atoms with Crippen molar-refractivity contribution in [3.8, 4) is 11.5 Å². The van der Waals surface area contributed by atoms with Crippen LogP contribution in [-0.2, 0) is 11.4 Å². The molecule has 3 rings (SSSR count). The second kappa shape index (κ2) is 6.91. The maximum Gasteiger partial charge on any atom is 0.262 e. The lowest BCUT2D eigenvalue weighted by Gasteiger charge is -2.23. The van der Waals surface area contributed by atoms with Crippen molar-refractivity contribution in [2.75, 3.05) is 18.5 Å². The molecule has 2 N–H and O–H groups in total. The van der Waals surface area contributed by atoms with Crippen LogP contribution in [0.4, 0.5) is 5.69 Å². The molecule has 1 aliphatic heterocycles. The number of nitrogens with zero attached hydrogens (tertiary/aromatic N) is 1. The van der Waals surface area contributed by atoms with Crippen LogP contribution in [0.5, 0.6) is 11.5 Å². The maximum absolute atomic E-state index is 12.0. The molecule has 2 aromatic carbocycles. The Kier molecular flexibility index (Phi) is 4.51. The Balaban J connectivity index is 1.91. The van der Waals surface area contributed by atoms with Crippen molar-refractivity contribution in [2.24, 2.45) is 5.11 Å². The number of ketones is 1. The second-order valence-corrected chi connectivity index (χ2v) is 5.17. The number of ether oxygens (including phenoxy) is 2. The first-order chi connectivity index (χ1) is 11.7. The van der Waals surface area contributed by atoms with E-state index in [1.807, 2.05) is 30.3 Å². The summed E-state index contributed by atoms with van der Waals surface area (Å²) < 4.78 is 11.2. The number of anilines is 1. The van der Waals surface area contributed by atoms with Gasteiger partial charge in [0.2, 0.25) is 0 Å². The molecule has 0 atom stereocenters. The first-order valence-corrected chi connectivity index (χ1v) is 7.32. The normalized spacial score (nSPS) is 12.6. The summed E-state index contributed by atoms with van der Waals surface area (Å²) >= 11 is 0. The lowest BCUT2D eigenvalue weighted by Crippen LogP contribution is -2.27. The van der Waals surface area contributed by atoms with Crippen LogP contribution in [0.1, 0.15) is 15.9 Å². The summed E-state index contributed by atoms with van der Waals surface area (Å²) in [4.78, 5) is 23.7. The van der Waals surface area contributed by atoms with Gasteiger partial charge in [-0.3, -0.25) is 9.59 Å². The van der Waals surface area contributed by atoms with Gasteiger partial charge in [-0.15, -0.1) is 0 Å². The van der Waals surface area contributed by atoms with Gasteiger partial charge in [-0.05, 0) is 17.7 Å². The lowest BCUT2D eigenvalue weighted by molar-refractivity contribution is -0.118. The Morgan fingerprint density at radius 3 is 2.79 bits per heavy atom. The molecule has 0 unspecified atom stereocenters. The van der Waals surface area contributed by atoms with E-state index in [9.17, 15) is 9.59 Å². The highest BCUT2D eigenvalue weighted by molar-refractivity contribution is 6.06. The molecule has 24 heavy (non-hydrogen) atoms. The highest BCUT2D eigenvalue weighted by atomic mass is 16.5. The average Bonchev–Trinajstić information content (AvgIpc) is 2.60. The van der Waals surface area contributed by atoms with E-state index in [-0.39, 0.29) is 36.2 Å². The average molecular weight is 325 g/mol. The number of carbonyl (C=O) groups is 2. The molecule has 0 saturated carbocycles. The number of hydrogen-bond donors (Lipinski definition) is 2. The van der Waals surface area contributed by atoms with E-state index in [0.717, 1.165) is 5.56 Å². The number of carbonyl (C=O) groups excluding carboxylic acids is 2. The first kappa shape index (κ1) is 15.7. The Bertz CT molecular complexity index is 790. The SMILES string of the molecule is N=NCC(=O)c1ccc(OCc2ccccc2)c2c1OCC(=O)N2. The van der Waals surface area contributed by atoms with Gasteiger partial charge >= 0.3 is 0 Å². The molecule has 0 aromatic heterocycles. The number of Topliss-reactive ketones (excluding diaryl/α,β-unsaturated/α-hetero) is 1. The predicted octanol–water partition coefficient (Wildman–Crippen LogP) is 2.81. The summed E-state index contributed by atoms with van der Waals surface area (Å²) in [5.41, 5.74) is 8.40. The van der Waals surface area contributed by atoms with Crippen molar-refractivity contribution < 1.29 is 19.1 Å². The number of hydrogen-bond acceptors (Lipinski definition) is 6. The third kappa shape index (κ3) is 3.24. The summed E-state index contributed by atoms with van der Waals surface area (Å²) in [5.74, 6) is 0.00363. The number of nitrogens with one attached hydrogen (secondary N) is 2. The fraction of sp³-hybridized carbons (Fsp3) is 0.176. The zero-order valence-electron chi connectivity index (χ0n) is 12.7. The van der Waals surface area contributed by atoms with E-state index < -0.39 is 0 Å². The van der Waals surface area contributed by atoms with Gasteiger partial charge in [0.1, 0.15) is 24.6 Å². The molecule has 0 spiro atoms. The maximum atomic E-state index is 12.0. The second-order valence-electron chi connectivity index (χ2n) is 5.17. The van der Waals surface area contributed by atoms with E-state index in [0.29, 0.717) is 18.0 Å². The van der Waals surface area contributed by atoms with Gasteiger partial charge < -0.3 is 14.8 Å². The molecular weight excluding hydrogens is 310 g/mol. The van der Waals surface area contributed by atoms with Crippen molar-refractivity contribution in [3.63, 3.8) is 0 Å². The molecule has 0 saturated heterocycles. The summed E-state index contributed by atoms with van der Waals surface area (Å²) in [6.07, 6.45) is 0. The van der Waals surface area contributed by atoms with Crippen LogP contribution in [0.15, 0.2) is 47.6 Å². The fourth-order valence-electron chi connectivity index (χ4n) is 2.38. The van der Waals surface area contributed by atoms with E-state index in [1.165, 1.54) is 0 Å². The molecule has 0 fully saturated rings. The molecule has 1 amide bonds. The molecule has 122 valence electrons. The third-order valence-corrected chi connectivity index (χ3v) is 3.49.